The SMILES string of the molecule is CC[C@H]1CCC[C@H]2CCCC(=O)N21. The number of fused-ring (bicyclic) bond motifs is 1. The normalized spacial score (nSPS) is 34.5. The van der Waals surface area contributed by atoms with Gasteiger partial charge in [-0.15, -0.1) is 0 Å². The van der Waals surface area contributed by atoms with Gasteiger partial charge < -0.3 is 4.90 Å². The molecule has 0 radical (unpaired) electrons. The summed E-state index contributed by atoms with van der Waals surface area (Å²) in [5, 5.41) is 0. The van der Waals surface area contributed by atoms with Crippen molar-refractivity contribution in [3.8, 4) is 0 Å². The fraction of sp³-hybridized carbons (Fsp3) is 0.909. The molecule has 0 unspecified atom stereocenters. The number of piperidine rings is 2. The third kappa shape index (κ3) is 1.59. The molecule has 2 aliphatic heterocycles. The van der Waals surface area contributed by atoms with Crippen LogP contribution in [-0.2, 0) is 4.79 Å². The molecule has 2 nitrogen and oxygen atoms in total. The zero-order valence-corrected chi connectivity index (χ0v) is 8.46. The second kappa shape index (κ2) is 3.69. The summed E-state index contributed by atoms with van der Waals surface area (Å²) in [5.74, 6) is 0.419. The van der Waals surface area contributed by atoms with Crippen LogP contribution in [0.15, 0.2) is 0 Å². The third-order valence-corrected chi connectivity index (χ3v) is 3.55. The maximum Gasteiger partial charge on any atom is 0.223 e. The van der Waals surface area contributed by atoms with Gasteiger partial charge in [-0.2, -0.15) is 0 Å². The largest absolute Gasteiger partial charge is 0.337 e. The topological polar surface area (TPSA) is 20.3 Å². The summed E-state index contributed by atoms with van der Waals surface area (Å²) in [4.78, 5) is 13.9. The van der Waals surface area contributed by atoms with Gasteiger partial charge in [-0.05, 0) is 38.5 Å². The molecule has 0 aliphatic carbocycles. The van der Waals surface area contributed by atoms with Crippen LogP contribution in [0.1, 0.15) is 51.9 Å². The van der Waals surface area contributed by atoms with Crippen molar-refractivity contribution in [3.05, 3.63) is 0 Å². The molecule has 2 heteroatoms. The second-order valence-electron chi connectivity index (χ2n) is 4.34. The van der Waals surface area contributed by atoms with Gasteiger partial charge in [-0.1, -0.05) is 6.92 Å². The Kier molecular flexibility index (Phi) is 2.56. The molecule has 0 aromatic rings. The standard InChI is InChI=1S/C11H19NO/c1-2-9-5-3-6-10-7-4-8-11(13)12(9)10/h9-10H,2-8H2,1H3/t9-,10-/m0/s1. The minimum absolute atomic E-state index is 0.419. The van der Waals surface area contributed by atoms with Gasteiger partial charge in [0.15, 0.2) is 0 Å². The van der Waals surface area contributed by atoms with Crippen LogP contribution in [0.4, 0.5) is 0 Å². The number of carbonyl (C=O) groups is 1. The summed E-state index contributed by atoms with van der Waals surface area (Å²) < 4.78 is 0. The summed E-state index contributed by atoms with van der Waals surface area (Å²) in [6, 6.07) is 1.16. The molecule has 2 aliphatic rings. The van der Waals surface area contributed by atoms with E-state index in [0.29, 0.717) is 18.0 Å². The van der Waals surface area contributed by atoms with Crippen molar-refractivity contribution < 1.29 is 4.79 Å². The lowest BCUT2D eigenvalue weighted by molar-refractivity contribution is -0.141. The van der Waals surface area contributed by atoms with Crippen LogP contribution in [0.25, 0.3) is 0 Å². The van der Waals surface area contributed by atoms with Crippen LogP contribution in [0.2, 0.25) is 0 Å². The minimum Gasteiger partial charge on any atom is -0.337 e. The van der Waals surface area contributed by atoms with Crippen molar-refractivity contribution in [1.82, 2.24) is 4.90 Å². The highest BCUT2D eigenvalue weighted by Crippen LogP contribution is 2.31. The quantitative estimate of drug-likeness (QED) is 0.608. The molecule has 0 bridgehead atoms. The zero-order chi connectivity index (χ0) is 9.26. The molecule has 2 fully saturated rings. The molecule has 2 saturated heterocycles. The van der Waals surface area contributed by atoms with Crippen LogP contribution < -0.4 is 0 Å². The van der Waals surface area contributed by atoms with Crippen molar-refractivity contribution in [2.45, 2.75) is 64.0 Å². The van der Waals surface area contributed by atoms with Gasteiger partial charge in [0.05, 0.1) is 0 Å². The van der Waals surface area contributed by atoms with E-state index < -0.39 is 0 Å². The number of rotatable bonds is 1. The summed E-state index contributed by atoms with van der Waals surface area (Å²) in [6.07, 6.45) is 8.13. The Hall–Kier alpha value is -0.530. The maximum atomic E-state index is 11.7. The van der Waals surface area contributed by atoms with Crippen molar-refractivity contribution in [3.63, 3.8) is 0 Å². The third-order valence-electron chi connectivity index (χ3n) is 3.55. The summed E-state index contributed by atoms with van der Waals surface area (Å²) in [6.45, 7) is 2.20. The Morgan fingerprint density at radius 1 is 1.31 bits per heavy atom. The van der Waals surface area contributed by atoms with Gasteiger partial charge in [0.1, 0.15) is 0 Å². The Bertz CT molecular complexity index is 194. The van der Waals surface area contributed by atoms with Gasteiger partial charge in [0.2, 0.25) is 5.91 Å². The molecule has 1 amide bonds. The fourth-order valence-corrected chi connectivity index (χ4v) is 2.87. The molecule has 0 spiro atoms. The van der Waals surface area contributed by atoms with Crippen LogP contribution in [0.5, 0.6) is 0 Å². The first kappa shape index (κ1) is 9.04. The van der Waals surface area contributed by atoms with E-state index in [0.717, 1.165) is 19.3 Å². The van der Waals surface area contributed by atoms with E-state index in [1.807, 2.05) is 0 Å². The molecule has 0 saturated carbocycles. The fourth-order valence-electron chi connectivity index (χ4n) is 2.87. The molecule has 2 heterocycles. The second-order valence-corrected chi connectivity index (χ2v) is 4.34. The first-order chi connectivity index (χ1) is 6.33. The lowest BCUT2D eigenvalue weighted by Crippen LogP contribution is -2.51. The molecule has 13 heavy (non-hydrogen) atoms. The highest BCUT2D eigenvalue weighted by Gasteiger charge is 2.35. The van der Waals surface area contributed by atoms with Crippen molar-refractivity contribution in [2.24, 2.45) is 0 Å². The number of hydrogen-bond donors (Lipinski definition) is 0. The minimum atomic E-state index is 0.419. The first-order valence-electron chi connectivity index (χ1n) is 5.64. The van der Waals surface area contributed by atoms with E-state index in [4.69, 9.17) is 0 Å². The molecule has 2 atom stereocenters. The van der Waals surface area contributed by atoms with Crippen LogP contribution >= 0.6 is 0 Å². The summed E-state index contributed by atoms with van der Waals surface area (Å²) in [5.41, 5.74) is 0. The average molecular weight is 181 g/mol. The van der Waals surface area contributed by atoms with E-state index in [2.05, 4.69) is 11.8 Å². The summed E-state index contributed by atoms with van der Waals surface area (Å²) >= 11 is 0. The van der Waals surface area contributed by atoms with Crippen LogP contribution in [0.3, 0.4) is 0 Å². The predicted molar refractivity (Wildman–Crippen MR) is 52.4 cm³/mol. The molecule has 74 valence electrons. The van der Waals surface area contributed by atoms with Crippen molar-refractivity contribution in [2.75, 3.05) is 0 Å². The molecular formula is C11H19NO. The Morgan fingerprint density at radius 2 is 2.08 bits per heavy atom. The highest BCUT2D eigenvalue weighted by molar-refractivity contribution is 5.77. The average Bonchev–Trinajstić information content (AvgIpc) is 2.17. The van der Waals surface area contributed by atoms with Crippen molar-refractivity contribution in [1.29, 1.82) is 0 Å². The molecule has 0 aromatic heterocycles. The number of nitrogens with zero attached hydrogens (tertiary/aromatic N) is 1. The Balaban J connectivity index is 2.11. The van der Waals surface area contributed by atoms with Crippen LogP contribution in [-0.4, -0.2) is 22.9 Å². The van der Waals surface area contributed by atoms with E-state index in [1.165, 1.54) is 25.7 Å². The lowest BCUT2D eigenvalue weighted by atomic mass is 9.88. The van der Waals surface area contributed by atoms with E-state index in [1.54, 1.807) is 0 Å². The molecule has 0 N–H and O–H groups in total. The molecule has 0 aromatic carbocycles. The van der Waals surface area contributed by atoms with Crippen molar-refractivity contribution >= 4 is 5.91 Å². The Morgan fingerprint density at radius 3 is 2.85 bits per heavy atom. The number of amides is 1. The maximum absolute atomic E-state index is 11.7. The smallest absolute Gasteiger partial charge is 0.223 e. The van der Waals surface area contributed by atoms with Crippen LogP contribution in [0, 0.1) is 0 Å². The number of hydrogen-bond acceptors (Lipinski definition) is 1. The lowest BCUT2D eigenvalue weighted by Gasteiger charge is -2.44. The van der Waals surface area contributed by atoms with Gasteiger partial charge in [0, 0.05) is 18.5 Å². The predicted octanol–water partition coefficient (Wildman–Crippen LogP) is 2.33. The molecular weight excluding hydrogens is 162 g/mol. The van der Waals surface area contributed by atoms with Gasteiger partial charge in [-0.3, -0.25) is 4.79 Å². The van der Waals surface area contributed by atoms with E-state index >= 15 is 0 Å². The highest BCUT2D eigenvalue weighted by atomic mass is 16.2. The number of carbonyl (C=O) groups excluding carboxylic acids is 1. The van der Waals surface area contributed by atoms with Gasteiger partial charge in [0.25, 0.3) is 0 Å². The van der Waals surface area contributed by atoms with E-state index in [-0.39, 0.29) is 0 Å². The first-order valence-corrected chi connectivity index (χ1v) is 5.64. The summed E-state index contributed by atoms with van der Waals surface area (Å²) in [7, 11) is 0. The van der Waals surface area contributed by atoms with Gasteiger partial charge in [-0.25, -0.2) is 0 Å². The van der Waals surface area contributed by atoms with E-state index in [9.17, 15) is 4.79 Å². The monoisotopic (exact) mass is 181 g/mol. The molecule has 2 rings (SSSR count). The zero-order valence-electron chi connectivity index (χ0n) is 8.46. The van der Waals surface area contributed by atoms with Gasteiger partial charge >= 0.3 is 0 Å². The Labute approximate surface area is 80.3 Å².